The van der Waals surface area contributed by atoms with Crippen LogP contribution in [-0.4, -0.2) is 24.2 Å². The Morgan fingerprint density at radius 1 is 1.22 bits per heavy atom. The van der Waals surface area contributed by atoms with Crippen molar-refractivity contribution >= 4 is 67.5 Å². The quantitative estimate of drug-likeness (QED) is 0.588. The molecule has 0 aliphatic heterocycles. The van der Waals surface area contributed by atoms with Gasteiger partial charge in [-0.25, -0.2) is 18.8 Å². The largest absolute Gasteiger partial charge is 0.477 e. The molecule has 0 saturated heterocycles. The number of urea groups is 1. The first kappa shape index (κ1) is 19.2. The van der Waals surface area contributed by atoms with E-state index in [2.05, 4.69) is 5.32 Å². The summed E-state index contributed by atoms with van der Waals surface area (Å²) in [5.74, 6) is -2.20. The van der Waals surface area contributed by atoms with E-state index < -0.39 is 29.0 Å². The van der Waals surface area contributed by atoms with Gasteiger partial charge in [0.2, 0.25) is 0 Å². The first-order chi connectivity index (χ1) is 12.7. The van der Waals surface area contributed by atoms with Crippen LogP contribution in [0.15, 0.2) is 33.5 Å². The second-order valence-electron chi connectivity index (χ2n) is 5.31. The molecular formula is C16H9Cl2FN2O5S. The Morgan fingerprint density at radius 3 is 2.44 bits per heavy atom. The Bertz CT molecular complexity index is 1120. The molecule has 27 heavy (non-hydrogen) atoms. The third-order valence-corrected chi connectivity index (χ3v) is 5.20. The summed E-state index contributed by atoms with van der Waals surface area (Å²) in [6, 6.07) is 4.43. The lowest BCUT2D eigenvalue weighted by Crippen LogP contribution is -2.30. The Kier molecular flexibility index (Phi) is 5.09. The van der Waals surface area contributed by atoms with Crippen molar-refractivity contribution in [3.05, 3.63) is 56.1 Å². The summed E-state index contributed by atoms with van der Waals surface area (Å²) in [6.45, 7) is 0. The maximum absolute atomic E-state index is 13.4. The molecule has 2 N–H and O–H groups in total. The van der Waals surface area contributed by atoms with E-state index in [0.29, 0.717) is 9.70 Å². The lowest BCUT2D eigenvalue weighted by molar-refractivity contribution is 0.0692. The highest BCUT2D eigenvalue weighted by Crippen LogP contribution is 2.32. The molecule has 140 valence electrons. The van der Waals surface area contributed by atoms with E-state index in [4.69, 9.17) is 32.7 Å². The summed E-state index contributed by atoms with van der Waals surface area (Å²) < 4.78 is 18.8. The van der Waals surface area contributed by atoms with Gasteiger partial charge in [0.05, 0.1) is 14.7 Å². The number of nitrogens with zero attached hydrogens (tertiary/aromatic N) is 1. The Morgan fingerprint density at radius 2 is 1.85 bits per heavy atom. The number of carbonyl (C=O) groups excluding carboxylic acids is 1. The van der Waals surface area contributed by atoms with Crippen molar-refractivity contribution in [2.75, 3.05) is 17.3 Å². The van der Waals surface area contributed by atoms with Crippen LogP contribution in [0.3, 0.4) is 0 Å². The van der Waals surface area contributed by atoms with Crippen LogP contribution in [0.5, 0.6) is 0 Å². The number of rotatable bonds is 3. The molecule has 0 aliphatic carbocycles. The van der Waals surface area contributed by atoms with Crippen LogP contribution >= 0.6 is 34.5 Å². The molecule has 0 radical (unpaired) electrons. The molecule has 7 nitrogen and oxygen atoms in total. The number of carboxylic acids is 1. The molecule has 2 amide bonds. The van der Waals surface area contributed by atoms with Crippen molar-refractivity contribution in [3.63, 3.8) is 0 Å². The number of hydrogen-bond donors (Lipinski definition) is 2. The van der Waals surface area contributed by atoms with Gasteiger partial charge in [0.15, 0.2) is 11.4 Å². The number of halogens is 3. The molecule has 2 heterocycles. The van der Waals surface area contributed by atoms with E-state index in [1.54, 1.807) is 0 Å². The normalized spacial score (nSPS) is 10.8. The SMILES string of the molecule is CN(C(=O)Nc1cc(Cl)c(F)c(Cl)c1)c1cc2oc(=O)c(C(=O)O)cc2s1. The fourth-order valence-electron chi connectivity index (χ4n) is 2.15. The van der Waals surface area contributed by atoms with E-state index in [-0.39, 0.29) is 21.3 Å². The lowest BCUT2D eigenvalue weighted by Gasteiger charge is -2.16. The Labute approximate surface area is 164 Å². The van der Waals surface area contributed by atoms with Gasteiger partial charge in [-0.1, -0.05) is 23.2 Å². The molecule has 0 unspecified atom stereocenters. The number of fused-ring (bicyclic) bond motifs is 1. The number of carboxylic acid groups (broad SMARTS) is 1. The van der Waals surface area contributed by atoms with Gasteiger partial charge in [-0.15, -0.1) is 11.3 Å². The van der Waals surface area contributed by atoms with Gasteiger partial charge in [0.25, 0.3) is 0 Å². The number of nitrogens with one attached hydrogen (secondary N) is 1. The third-order valence-electron chi connectivity index (χ3n) is 3.51. The van der Waals surface area contributed by atoms with Crippen LogP contribution in [0.4, 0.5) is 19.9 Å². The number of anilines is 2. The smallest absolute Gasteiger partial charge is 0.351 e. The highest BCUT2D eigenvalue weighted by atomic mass is 35.5. The average molecular weight is 431 g/mol. The number of hydrogen-bond acceptors (Lipinski definition) is 5. The molecular weight excluding hydrogens is 422 g/mol. The van der Waals surface area contributed by atoms with Crippen molar-refractivity contribution in [1.29, 1.82) is 0 Å². The number of carbonyl (C=O) groups is 2. The molecule has 0 saturated carbocycles. The summed E-state index contributed by atoms with van der Waals surface area (Å²) in [6.07, 6.45) is 0. The first-order valence-electron chi connectivity index (χ1n) is 7.17. The molecule has 0 bridgehead atoms. The molecule has 0 fully saturated rings. The van der Waals surface area contributed by atoms with Gasteiger partial charge in [0.1, 0.15) is 10.6 Å². The predicted octanol–water partition coefficient (Wildman–Crippen LogP) is 4.67. The fraction of sp³-hybridized carbons (Fsp3) is 0.0625. The van der Waals surface area contributed by atoms with Crippen LogP contribution in [0.2, 0.25) is 10.0 Å². The van der Waals surface area contributed by atoms with Gasteiger partial charge < -0.3 is 14.8 Å². The molecule has 0 atom stereocenters. The van der Waals surface area contributed by atoms with Crippen LogP contribution < -0.4 is 15.8 Å². The highest BCUT2D eigenvalue weighted by molar-refractivity contribution is 7.22. The van der Waals surface area contributed by atoms with Gasteiger partial charge in [0, 0.05) is 18.8 Å². The highest BCUT2D eigenvalue weighted by Gasteiger charge is 2.19. The second kappa shape index (κ2) is 7.18. The molecule has 3 rings (SSSR count). The third kappa shape index (κ3) is 3.75. The second-order valence-corrected chi connectivity index (χ2v) is 7.19. The molecule has 3 aromatic rings. The summed E-state index contributed by atoms with van der Waals surface area (Å²) in [7, 11) is 1.45. The van der Waals surface area contributed by atoms with E-state index in [1.807, 2.05) is 0 Å². The van der Waals surface area contributed by atoms with E-state index in [1.165, 1.54) is 36.2 Å². The van der Waals surface area contributed by atoms with Crippen molar-refractivity contribution in [2.45, 2.75) is 0 Å². The van der Waals surface area contributed by atoms with Crippen molar-refractivity contribution in [2.24, 2.45) is 0 Å². The maximum Gasteiger partial charge on any atom is 0.351 e. The van der Waals surface area contributed by atoms with Crippen LogP contribution in [-0.2, 0) is 0 Å². The van der Waals surface area contributed by atoms with Crippen molar-refractivity contribution < 1.29 is 23.5 Å². The Hall–Kier alpha value is -2.62. The topological polar surface area (TPSA) is 99.9 Å². The minimum atomic E-state index is -1.41. The first-order valence-corrected chi connectivity index (χ1v) is 8.75. The monoisotopic (exact) mass is 430 g/mol. The summed E-state index contributed by atoms with van der Waals surface area (Å²) in [5, 5.41) is 11.4. The molecule has 2 aromatic heterocycles. The number of aromatic carboxylic acids is 1. The van der Waals surface area contributed by atoms with Gasteiger partial charge in [-0.2, -0.15) is 0 Å². The fourth-order valence-corrected chi connectivity index (χ4v) is 3.63. The Balaban J connectivity index is 1.88. The summed E-state index contributed by atoms with van der Waals surface area (Å²) >= 11 is 12.4. The zero-order valence-electron chi connectivity index (χ0n) is 13.4. The minimum Gasteiger partial charge on any atom is -0.477 e. The maximum atomic E-state index is 13.4. The van der Waals surface area contributed by atoms with Crippen LogP contribution in [0, 0.1) is 5.82 Å². The van der Waals surface area contributed by atoms with Gasteiger partial charge in [-0.3, -0.25) is 4.90 Å². The molecule has 11 heteroatoms. The zero-order chi connectivity index (χ0) is 19.9. The minimum absolute atomic E-state index is 0.150. The van der Waals surface area contributed by atoms with E-state index in [9.17, 15) is 18.8 Å². The molecule has 0 spiro atoms. The zero-order valence-corrected chi connectivity index (χ0v) is 15.7. The van der Waals surface area contributed by atoms with Crippen molar-refractivity contribution in [3.8, 4) is 0 Å². The standard InChI is InChI=1S/C16H9Cl2FN2O5S/c1-21(16(25)20-6-2-8(17)13(19)9(18)3-6)12-5-10-11(27-12)4-7(14(22)23)15(24)26-10/h2-5H,1H3,(H,20,25)(H,22,23). The summed E-state index contributed by atoms with van der Waals surface area (Å²) in [4.78, 5) is 36.2. The van der Waals surface area contributed by atoms with Gasteiger partial charge in [-0.05, 0) is 18.2 Å². The van der Waals surface area contributed by atoms with Crippen LogP contribution in [0.1, 0.15) is 10.4 Å². The van der Waals surface area contributed by atoms with E-state index in [0.717, 1.165) is 11.3 Å². The average Bonchev–Trinajstić information content (AvgIpc) is 3.00. The predicted molar refractivity (Wildman–Crippen MR) is 101 cm³/mol. The van der Waals surface area contributed by atoms with E-state index >= 15 is 0 Å². The summed E-state index contributed by atoms with van der Waals surface area (Å²) in [5.41, 5.74) is -1.15. The number of amides is 2. The lowest BCUT2D eigenvalue weighted by atomic mass is 10.3. The van der Waals surface area contributed by atoms with Gasteiger partial charge >= 0.3 is 17.6 Å². The van der Waals surface area contributed by atoms with Crippen molar-refractivity contribution in [1.82, 2.24) is 0 Å². The van der Waals surface area contributed by atoms with Crippen LogP contribution in [0.25, 0.3) is 10.3 Å². The molecule has 1 aromatic carbocycles. The number of thiophene rings is 1. The number of benzene rings is 1. The molecule has 0 aliphatic rings.